The van der Waals surface area contributed by atoms with Crippen LogP contribution in [0.25, 0.3) is 0 Å². The van der Waals surface area contributed by atoms with Crippen molar-refractivity contribution in [3.8, 4) is 0 Å². The molecule has 1 fully saturated rings. The first kappa shape index (κ1) is 8.76. The SMILES string of the molecule is Nc1nnc(S[C@@H]2CCOC2=O)s1. The molecule has 1 aliphatic rings. The predicted octanol–water partition coefficient (Wildman–Crippen LogP) is 0.528. The van der Waals surface area contributed by atoms with E-state index in [1.165, 1.54) is 23.1 Å². The maximum atomic E-state index is 11.1. The van der Waals surface area contributed by atoms with Crippen molar-refractivity contribution in [2.24, 2.45) is 0 Å². The number of nitrogens with zero attached hydrogens (tertiary/aromatic N) is 2. The van der Waals surface area contributed by atoms with E-state index in [0.717, 1.165) is 10.8 Å². The van der Waals surface area contributed by atoms with E-state index < -0.39 is 0 Å². The van der Waals surface area contributed by atoms with Gasteiger partial charge < -0.3 is 10.5 Å². The van der Waals surface area contributed by atoms with Crippen LogP contribution in [0.1, 0.15) is 6.42 Å². The van der Waals surface area contributed by atoms with Crippen molar-refractivity contribution in [1.82, 2.24) is 10.2 Å². The number of aromatic nitrogens is 2. The van der Waals surface area contributed by atoms with Crippen LogP contribution in [0.15, 0.2) is 4.34 Å². The molecule has 1 aromatic heterocycles. The van der Waals surface area contributed by atoms with E-state index in [0.29, 0.717) is 11.7 Å². The number of cyclic esters (lactones) is 1. The Labute approximate surface area is 82.7 Å². The van der Waals surface area contributed by atoms with Crippen molar-refractivity contribution < 1.29 is 9.53 Å². The number of ether oxygens (including phenoxy) is 1. The monoisotopic (exact) mass is 217 g/mol. The fourth-order valence-electron chi connectivity index (χ4n) is 0.974. The van der Waals surface area contributed by atoms with E-state index in [1.54, 1.807) is 0 Å². The first-order valence-corrected chi connectivity index (χ1v) is 5.37. The second-order valence-corrected chi connectivity index (χ2v) is 4.93. The molecular formula is C6H7N3O2S2. The third-order valence-corrected chi connectivity index (χ3v) is 3.63. The fraction of sp³-hybridized carbons (Fsp3) is 0.500. The van der Waals surface area contributed by atoms with E-state index in [2.05, 4.69) is 10.2 Å². The first-order valence-electron chi connectivity index (χ1n) is 3.68. The van der Waals surface area contributed by atoms with E-state index >= 15 is 0 Å². The van der Waals surface area contributed by atoms with E-state index in [4.69, 9.17) is 10.5 Å². The molecule has 1 aliphatic heterocycles. The zero-order valence-corrected chi connectivity index (χ0v) is 8.23. The molecule has 7 heteroatoms. The van der Waals surface area contributed by atoms with Crippen LogP contribution in [0, 0.1) is 0 Å². The lowest BCUT2D eigenvalue weighted by Crippen LogP contribution is -2.08. The Morgan fingerprint density at radius 2 is 2.46 bits per heavy atom. The van der Waals surface area contributed by atoms with Gasteiger partial charge in [0.05, 0.1) is 6.61 Å². The molecule has 2 N–H and O–H groups in total. The molecule has 0 aliphatic carbocycles. The van der Waals surface area contributed by atoms with Crippen LogP contribution in [0.5, 0.6) is 0 Å². The number of carbonyl (C=O) groups is 1. The van der Waals surface area contributed by atoms with Crippen molar-refractivity contribution in [2.75, 3.05) is 12.3 Å². The number of rotatable bonds is 2. The molecule has 1 atom stereocenters. The van der Waals surface area contributed by atoms with Crippen LogP contribution in [-0.4, -0.2) is 28.0 Å². The third-order valence-electron chi connectivity index (χ3n) is 1.55. The average molecular weight is 217 g/mol. The normalized spacial score (nSPS) is 21.8. The largest absolute Gasteiger partial charge is 0.465 e. The van der Waals surface area contributed by atoms with Gasteiger partial charge in [0.25, 0.3) is 0 Å². The van der Waals surface area contributed by atoms with Crippen molar-refractivity contribution >= 4 is 34.2 Å². The van der Waals surface area contributed by atoms with Crippen molar-refractivity contribution in [1.29, 1.82) is 0 Å². The Hall–Kier alpha value is -0.820. The maximum Gasteiger partial charge on any atom is 0.319 e. The lowest BCUT2D eigenvalue weighted by molar-refractivity contribution is -0.137. The second-order valence-electron chi connectivity index (χ2n) is 2.47. The van der Waals surface area contributed by atoms with Gasteiger partial charge >= 0.3 is 5.97 Å². The summed E-state index contributed by atoms with van der Waals surface area (Å²) < 4.78 is 5.53. The first-order chi connectivity index (χ1) is 6.25. The molecule has 0 bridgehead atoms. The standard InChI is InChI=1S/C6H7N3O2S2/c7-5-8-9-6(13-5)12-3-1-2-11-4(3)10/h3H,1-2H2,(H2,7,8)/t3-/m1/s1. The van der Waals surface area contributed by atoms with Crippen LogP contribution in [0.4, 0.5) is 5.13 Å². The topological polar surface area (TPSA) is 78.1 Å². The Morgan fingerprint density at radius 1 is 1.62 bits per heavy atom. The molecule has 0 aromatic carbocycles. The van der Waals surface area contributed by atoms with Gasteiger partial charge in [0.1, 0.15) is 5.25 Å². The maximum absolute atomic E-state index is 11.1. The lowest BCUT2D eigenvalue weighted by atomic mass is 10.4. The highest BCUT2D eigenvalue weighted by Gasteiger charge is 2.28. The number of thioether (sulfide) groups is 1. The summed E-state index contributed by atoms with van der Waals surface area (Å²) in [5.74, 6) is -0.168. The Bertz CT molecular complexity index is 327. The highest BCUT2D eigenvalue weighted by molar-refractivity contribution is 8.02. The minimum absolute atomic E-state index is 0.132. The van der Waals surface area contributed by atoms with Crippen molar-refractivity contribution in [2.45, 2.75) is 16.0 Å². The molecule has 2 rings (SSSR count). The summed E-state index contributed by atoms with van der Waals surface area (Å²) in [6.07, 6.45) is 0.739. The molecule has 1 saturated heterocycles. The summed E-state index contributed by atoms with van der Waals surface area (Å²) in [6.45, 7) is 0.505. The Morgan fingerprint density at radius 3 is 3.00 bits per heavy atom. The summed E-state index contributed by atoms with van der Waals surface area (Å²) in [5.41, 5.74) is 5.40. The van der Waals surface area contributed by atoms with Gasteiger partial charge in [-0.3, -0.25) is 4.79 Å². The molecule has 0 unspecified atom stereocenters. The average Bonchev–Trinajstić information content (AvgIpc) is 2.64. The van der Waals surface area contributed by atoms with E-state index in [9.17, 15) is 4.79 Å². The van der Waals surface area contributed by atoms with E-state index in [-0.39, 0.29) is 11.2 Å². The molecule has 1 aromatic rings. The van der Waals surface area contributed by atoms with Gasteiger partial charge in [-0.15, -0.1) is 10.2 Å². The Kier molecular flexibility index (Phi) is 2.36. The van der Waals surface area contributed by atoms with Crippen LogP contribution < -0.4 is 5.73 Å². The highest BCUT2D eigenvalue weighted by Crippen LogP contribution is 2.31. The summed E-state index contributed by atoms with van der Waals surface area (Å²) >= 11 is 2.66. The van der Waals surface area contributed by atoms with Crippen molar-refractivity contribution in [3.05, 3.63) is 0 Å². The summed E-state index contributed by atoms with van der Waals surface area (Å²) in [5, 5.41) is 7.76. The summed E-state index contributed by atoms with van der Waals surface area (Å²) in [6, 6.07) is 0. The molecule has 5 nitrogen and oxygen atoms in total. The van der Waals surface area contributed by atoms with Gasteiger partial charge in [0, 0.05) is 6.42 Å². The minimum Gasteiger partial charge on any atom is -0.465 e. The molecule has 0 radical (unpaired) electrons. The van der Waals surface area contributed by atoms with Crippen LogP contribution in [0.3, 0.4) is 0 Å². The molecule has 0 spiro atoms. The lowest BCUT2D eigenvalue weighted by Gasteiger charge is -1.99. The number of esters is 1. The number of carbonyl (C=O) groups excluding carboxylic acids is 1. The molecule has 70 valence electrons. The summed E-state index contributed by atoms with van der Waals surface area (Å²) in [7, 11) is 0. The third kappa shape index (κ3) is 1.92. The van der Waals surface area contributed by atoms with Gasteiger partial charge in [-0.05, 0) is 0 Å². The van der Waals surface area contributed by atoms with Crippen molar-refractivity contribution in [3.63, 3.8) is 0 Å². The highest BCUT2D eigenvalue weighted by atomic mass is 32.2. The van der Waals surface area contributed by atoms with Gasteiger partial charge in [-0.25, -0.2) is 0 Å². The van der Waals surface area contributed by atoms with Gasteiger partial charge in [0.2, 0.25) is 5.13 Å². The molecule has 13 heavy (non-hydrogen) atoms. The zero-order valence-electron chi connectivity index (χ0n) is 6.60. The van der Waals surface area contributed by atoms with Gasteiger partial charge in [-0.1, -0.05) is 23.1 Å². The number of nitrogen functional groups attached to an aromatic ring is 1. The smallest absolute Gasteiger partial charge is 0.319 e. The van der Waals surface area contributed by atoms with E-state index in [1.807, 2.05) is 0 Å². The van der Waals surface area contributed by atoms with Crippen LogP contribution in [0.2, 0.25) is 0 Å². The number of nitrogens with two attached hydrogens (primary N) is 1. The quantitative estimate of drug-likeness (QED) is 0.728. The molecule has 0 saturated carbocycles. The van der Waals surface area contributed by atoms with Gasteiger partial charge in [-0.2, -0.15) is 0 Å². The molecule has 2 heterocycles. The summed E-state index contributed by atoms with van der Waals surface area (Å²) in [4.78, 5) is 11.1. The number of anilines is 1. The predicted molar refractivity (Wildman–Crippen MR) is 49.5 cm³/mol. The van der Waals surface area contributed by atoms with Crippen LogP contribution >= 0.6 is 23.1 Å². The molecule has 0 amide bonds. The number of hydrogen-bond acceptors (Lipinski definition) is 7. The molecular weight excluding hydrogens is 210 g/mol. The minimum atomic E-state index is -0.168. The second kappa shape index (κ2) is 3.51. The zero-order chi connectivity index (χ0) is 9.26. The number of hydrogen-bond donors (Lipinski definition) is 1. The van der Waals surface area contributed by atoms with Gasteiger partial charge in [0.15, 0.2) is 4.34 Å². The Balaban J connectivity index is 2.01. The fourth-order valence-corrected chi connectivity index (χ4v) is 2.82. The van der Waals surface area contributed by atoms with Crippen LogP contribution in [-0.2, 0) is 9.53 Å².